The fraction of sp³-hybridized carbons (Fsp3) is 0.368. The van der Waals surface area contributed by atoms with Gasteiger partial charge in [0.2, 0.25) is 0 Å². The standard InChI is InChI=1S/C19H20O3/c1-10-6-14-12(7-16(10)20)4-2-11-3-5-13-8-17(21)18(22)9-15(13)19(11)14/h6-9,11,19-22H,2-5H2,1H3/t11-,19-/m0/s1. The molecule has 3 N–H and O–H groups in total. The lowest BCUT2D eigenvalue weighted by atomic mass is 9.65. The van der Waals surface area contributed by atoms with E-state index in [2.05, 4.69) is 6.07 Å². The Morgan fingerprint density at radius 3 is 2.00 bits per heavy atom. The summed E-state index contributed by atoms with van der Waals surface area (Å²) in [5.74, 6) is 1.13. The van der Waals surface area contributed by atoms with Gasteiger partial charge in [0.05, 0.1) is 0 Å². The normalized spacial score (nSPS) is 22.6. The summed E-state index contributed by atoms with van der Waals surface area (Å²) < 4.78 is 0. The van der Waals surface area contributed by atoms with Gasteiger partial charge in [0, 0.05) is 5.92 Å². The van der Waals surface area contributed by atoms with Crippen LogP contribution in [0.2, 0.25) is 0 Å². The van der Waals surface area contributed by atoms with E-state index < -0.39 is 0 Å². The first kappa shape index (κ1) is 13.5. The van der Waals surface area contributed by atoms with Crippen molar-refractivity contribution in [2.45, 2.75) is 38.5 Å². The summed E-state index contributed by atoms with van der Waals surface area (Å²) >= 11 is 0. The highest BCUT2D eigenvalue weighted by atomic mass is 16.3. The van der Waals surface area contributed by atoms with Crippen LogP contribution in [0, 0.1) is 12.8 Å². The van der Waals surface area contributed by atoms with Crippen molar-refractivity contribution in [1.82, 2.24) is 0 Å². The number of aryl methyl sites for hydroxylation is 3. The Morgan fingerprint density at radius 2 is 1.32 bits per heavy atom. The van der Waals surface area contributed by atoms with Crippen LogP contribution in [0.3, 0.4) is 0 Å². The molecule has 2 aliphatic rings. The van der Waals surface area contributed by atoms with Gasteiger partial charge in [-0.05, 0) is 84.5 Å². The molecule has 0 radical (unpaired) electrons. The van der Waals surface area contributed by atoms with E-state index in [0.29, 0.717) is 11.7 Å². The van der Waals surface area contributed by atoms with Crippen molar-refractivity contribution in [3.8, 4) is 17.2 Å². The molecule has 3 nitrogen and oxygen atoms in total. The molecular formula is C19H20O3. The summed E-state index contributed by atoms with van der Waals surface area (Å²) in [6.07, 6.45) is 4.18. The average molecular weight is 296 g/mol. The molecular weight excluding hydrogens is 276 g/mol. The van der Waals surface area contributed by atoms with Gasteiger partial charge in [-0.25, -0.2) is 0 Å². The van der Waals surface area contributed by atoms with Crippen molar-refractivity contribution in [3.63, 3.8) is 0 Å². The molecule has 0 aromatic heterocycles. The van der Waals surface area contributed by atoms with Gasteiger partial charge in [0.1, 0.15) is 5.75 Å². The van der Waals surface area contributed by atoms with Crippen molar-refractivity contribution in [3.05, 3.63) is 52.1 Å². The lowest BCUT2D eigenvalue weighted by molar-refractivity contribution is 0.355. The van der Waals surface area contributed by atoms with Gasteiger partial charge in [-0.3, -0.25) is 0 Å². The lowest BCUT2D eigenvalue weighted by Crippen LogP contribution is -2.27. The number of fused-ring (bicyclic) bond motifs is 5. The van der Waals surface area contributed by atoms with Crippen LogP contribution in [-0.2, 0) is 12.8 Å². The second-order valence-corrected chi connectivity index (χ2v) is 6.69. The number of hydrogen-bond donors (Lipinski definition) is 3. The van der Waals surface area contributed by atoms with Gasteiger partial charge < -0.3 is 15.3 Å². The number of phenols is 3. The zero-order valence-electron chi connectivity index (χ0n) is 12.6. The fourth-order valence-electron chi connectivity index (χ4n) is 4.25. The van der Waals surface area contributed by atoms with Crippen LogP contribution in [0.4, 0.5) is 0 Å². The molecule has 4 rings (SSSR count). The van der Waals surface area contributed by atoms with E-state index in [-0.39, 0.29) is 17.4 Å². The maximum Gasteiger partial charge on any atom is 0.157 e. The lowest BCUT2D eigenvalue weighted by Gasteiger charge is -2.39. The monoisotopic (exact) mass is 296 g/mol. The smallest absolute Gasteiger partial charge is 0.157 e. The Hall–Kier alpha value is -2.16. The quantitative estimate of drug-likeness (QED) is 0.649. The highest BCUT2D eigenvalue weighted by Gasteiger charge is 2.36. The van der Waals surface area contributed by atoms with Crippen LogP contribution < -0.4 is 0 Å². The molecule has 0 aliphatic heterocycles. The third-order valence-electron chi connectivity index (χ3n) is 5.40. The summed E-state index contributed by atoms with van der Waals surface area (Å²) in [7, 11) is 0. The summed E-state index contributed by atoms with van der Waals surface area (Å²) in [6, 6.07) is 7.44. The molecule has 0 heterocycles. The molecule has 0 saturated heterocycles. The van der Waals surface area contributed by atoms with Crippen LogP contribution in [0.1, 0.15) is 46.6 Å². The Balaban J connectivity index is 1.92. The molecule has 3 heteroatoms. The average Bonchev–Trinajstić information content (AvgIpc) is 2.49. The Bertz CT molecular complexity index is 700. The largest absolute Gasteiger partial charge is 0.508 e. The van der Waals surface area contributed by atoms with Gasteiger partial charge in [0.15, 0.2) is 11.5 Å². The first-order valence-electron chi connectivity index (χ1n) is 7.91. The fourth-order valence-corrected chi connectivity index (χ4v) is 4.25. The summed E-state index contributed by atoms with van der Waals surface area (Å²) in [5.41, 5.74) is 5.66. The van der Waals surface area contributed by atoms with Crippen molar-refractivity contribution in [1.29, 1.82) is 0 Å². The molecule has 22 heavy (non-hydrogen) atoms. The first-order valence-corrected chi connectivity index (χ1v) is 7.91. The van der Waals surface area contributed by atoms with E-state index >= 15 is 0 Å². The van der Waals surface area contributed by atoms with Crippen LogP contribution in [0.15, 0.2) is 24.3 Å². The van der Waals surface area contributed by atoms with Gasteiger partial charge in [-0.15, -0.1) is 0 Å². The first-order chi connectivity index (χ1) is 10.5. The molecule has 2 aromatic carbocycles. The van der Waals surface area contributed by atoms with Gasteiger partial charge >= 0.3 is 0 Å². The van der Waals surface area contributed by atoms with E-state index in [0.717, 1.165) is 42.4 Å². The van der Waals surface area contributed by atoms with E-state index in [4.69, 9.17) is 0 Å². The summed E-state index contributed by atoms with van der Waals surface area (Å²) in [6.45, 7) is 1.93. The number of aromatic hydroxyl groups is 3. The minimum Gasteiger partial charge on any atom is -0.508 e. The number of rotatable bonds is 0. The highest BCUT2D eigenvalue weighted by molar-refractivity contribution is 5.54. The Morgan fingerprint density at radius 1 is 0.773 bits per heavy atom. The minimum absolute atomic E-state index is 0.0323. The van der Waals surface area contributed by atoms with E-state index in [1.807, 2.05) is 13.0 Å². The summed E-state index contributed by atoms with van der Waals surface area (Å²) in [4.78, 5) is 0. The van der Waals surface area contributed by atoms with E-state index in [1.165, 1.54) is 11.1 Å². The van der Waals surface area contributed by atoms with Crippen molar-refractivity contribution < 1.29 is 15.3 Å². The van der Waals surface area contributed by atoms with Gasteiger partial charge in [-0.1, -0.05) is 6.07 Å². The zero-order valence-corrected chi connectivity index (χ0v) is 12.6. The van der Waals surface area contributed by atoms with E-state index in [1.54, 1.807) is 12.1 Å². The maximum atomic E-state index is 9.97. The number of phenolic OH excluding ortho intramolecular Hbond substituents is 3. The van der Waals surface area contributed by atoms with Crippen molar-refractivity contribution in [2.24, 2.45) is 5.92 Å². The number of benzene rings is 2. The number of hydrogen-bond acceptors (Lipinski definition) is 3. The minimum atomic E-state index is -0.0398. The Kier molecular flexibility index (Phi) is 2.86. The summed E-state index contributed by atoms with van der Waals surface area (Å²) in [5, 5.41) is 29.7. The predicted octanol–water partition coefficient (Wildman–Crippen LogP) is 3.75. The maximum absolute atomic E-state index is 9.97. The van der Waals surface area contributed by atoms with Crippen LogP contribution in [0.5, 0.6) is 17.2 Å². The molecule has 0 spiro atoms. The third-order valence-corrected chi connectivity index (χ3v) is 5.40. The molecule has 114 valence electrons. The van der Waals surface area contributed by atoms with Gasteiger partial charge in [0.25, 0.3) is 0 Å². The molecule has 0 unspecified atom stereocenters. The Labute approximate surface area is 129 Å². The SMILES string of the molecule is Cc1cc2c(cc1O)CC[C@H]1CCc3cc(O)c(O)cc3[C@H]21. The predicted molar refractivity (Wildman–Crippen MR) is 84.6 cm³/mol. The molecule has 0 amide bonds. The third kappa shape index (κ3) is 1.88. The van der Waals surface area contributed by atoms with Crippen molar-refractivity contribution >= 4 is 0 Å². The topological polar surface area (TPSA) is 60.7 Å². The second-order valence-electron chi connectivity index (χ2n) is 6.69. The van der Waals surface area contributed by atoms with Crippen molar-refractivity contribution in [2.75, 3.05) is 0 Å². The van der Waals surface area contributed by atoms with Gasteiger partial charge in [-0.2, -0.15) is 0 Å². The second kappa shape index (κ2) is 4.67. The molecule has 0 bridgehead atoms. The van der Waals surface area contributed by atoms with E-state index in [9.17, 15) is 15.3 Å². The molecule has 0 saturated carbocycles. The zero-order chi connectivity index (χ0) is 15.4. The van der Waals surface area contributed by atoms with Crippen LogP contribution in [-0.4, -0.2) is 15.3 Å². The molecule has 2 aromatic rings. The molecule has 2 atom stereocenters. The molecule has 0 fully saturated rings. The highest BCUT2D eigenvalue weighted by Crippen LogP contribution is 2.50. The molecule has 2 aliphatic carbocycles. The van der Waals surface area contributed by atoms with Crippen LogP contribution >= 0.6 is 0 Å². The van der Waals surface area contributed by atoms with Crippen LogP contribution in [0.25, 0.3) is 0 Å².